The molecule has 1 unspecified atom stereocenters. The molecule has 0 amide bonds. The molecule has 1 aliphatic rings. The quantitative estimate of drug-likeness (QED) is 0.915. The first-order chi connectivity index (χ1) is 8.52. The lowest BCUT2D eigenvalue weighted by molar-refractivity contribution is 0.186. The topological polar surface area (TPSA) is 42.4 Å². The van der Waals surface area contributed by atoms with Gasteiger partial charge in [0, 0.05) is 30.1 Å². The van der Waals surface area contributed by atoms with E-state index in [2.05, 4.69) is 36.6 Å². The van der Waals surface area contributed by atoms with Crippen LogP contribution in [0.5, 0.6) is 0 Å². The van der Waals surface area contributed by atoms with E-state index < -0.39 is 0 Å². The van der Waals surface area contributed by atoms with E-state index in [4.69, 9.17) is 10.2 Å². The smallest absolute Gasteiger partial charge is 0.122 e. The highest BCUT2D eigenvalue weighted by molar-refractivity contribution is 8.00. The second-order valence-electron chi connectivity index (χ2n) is 5.59. The summed E-state index contributed by atoms with van der Waals surface area (Å²) in [6.45, 7) is 9.46. The first kappa shape index (κ1) is 14.0. The molecule has 0 radical (unpaired) electrons. The lowest BCUT2D eigenvalue weighted by atomic mass is 10.1. The van der Waals surface area contributed by atoms with Crippen LogP contribution in [0.3, 0.4) is 0 Å². The average Bonchev–Trinajstić information content (AvgIpc) is 2.64. The van der Waals surface area contributed by atoms with Gasteiger partial charge in [-0.2, -0.15) is 11.8 Å². The normalized spacial score (nSPS) is 22.7. The Balaban J connectivity index is 2.08. The molecule has 0 saturated carbocycles. The highest BCUT2D eigenvalue weighted by Gasteiger charge is 2.28. The molecule has 0 aromatic carbocycles. The summed E-state index contributed by atoms with van der Waals surface area (Å²) in [6.07, 6.45) is 1.20. The van der Waals surface area contributed by atoms with Gasteiger partial charge in [-0.1, -0.05) is 13.8 Å². The van der Waals surface area contributed by atoms with Crippen molar-refractivity contribution >= 4 is 11.8 Å². The number of furan rings is 1. The van der Waals surface area contributed by atoms with Crippen molar-refractivity contribution in [1.82, 2.24) is 4.90 Å². The highest BCUT2D eigenvalue weighted by atomic mass is 32.2. The summed E-state index contributed by atoms with van der Waals surface area (Å²) in [5, 5.41) is 0. The lowest BCUT2D eigenvalue weighted by Gasteiger charge is -2.28. The van der Waals surface area contributed by atoms with Crippen LogP contribution in [0.2, 0.25) is 0 Å². The van der Waals surface area contributed by atoms with Crippen molar-refractivity contribution in [3.05, 3.63) is 23.7 Å². The van der Waals surface area contributed by atoms with Gasteiger partial charge in [-0.3, -0.25) is 4.90 Å². The molecule has 102 valence electrons. The first-order valence-corrected chi connectivity index (χ1v) is 7.65. The van der Waals surface area contributed by atoms with E-state index in [-0.39, 0.29) is 6.04 Å². The Hall–Kier alpha value is -0.450. The molecule has 1 aromatic heterocycles. The number of nitrogens with two attached hydrogens (primary N) is 1. The third kappa shape index (κ3) is 3.31. The van der Waals surface area contributed by atoms with E-state index in [9.17, 15) is 0 Å². The molecule has 1 aliphatic heterocycles. The van der Waals surface area contributed by atoms with E-state index in [0.29, 0.717) is 11.3 Å². The van der Waals surface area contributed by atoms with Crippen molar-refractivity contribution in [3.8, 4) is 0 Å². The maximum Gasteiger partial charge on any atom is 0.122 e. The molecular formula is C14H24N2OS. The Kier molecular flexibility index (Phi) is 4.41. The number of aryl methyl sites for hydroxylation is 1. The number of rotatable bonds is 3. The maximum atomic E-state index is 5.96. The summed E-state index contributed by atoms with van der Waals surface area (Å²) in [5.41, 5.74) is 5.96. The van der Waals surface area contributed by atoms with Crippen molar-refractivity contribution in [2.75, 3.05) is 25.4 Å². The largest absolute Gasteiger partial charge is 0.465 e. The summed E-state index contributed by atoms with van der Waals surface area (Å²) >= 11 is 2.06. The van der Waals surface area contributed by atoms with Crippen LogP contribution in [0.4, 0.5) is 0 Å². The number of thioether (sulfide) groups is 1. The maximum absolute atomic E-state index is 5.96. The third-order valence-corrected chi connectivity index (χ3v) is 5.00. The van der Waals surface area contributed by atoms with Gasteiger partial charge in [-0.25, -0.2) is 0 Å². The van der Waals surface area contributed by atoms with Crippen LogP contribution in [-0.4, -0.2) is 35.0 Å². The fraction of sp³-hybridized carbons (Fsp3) is 0.714. The SMILES string of the molecule is Cc1ccc(C(CN)N2CCSC(C)(C)CC2)o1. The number of hydrogen-bond donors (Lipinski definition) is 1. The first-order valence-electron chi connectivity index (χ1n) is 6.66. The van der Waals surface area contributed by atoms with Crippen LogP contribution in [0.1, 0.15) is 37.8 Å². The predicted molar refractivity (Wildman–Crippen MR) is 78.0 cm³/mol. The number of nitrogens with zero attached hydrogens (tertiary/aromatic N) is 1. The van der Waals surface area contributed by atoms with Crippen molar-refractivity contribution in [2.45, 2.75) is 38.0 Å². The molecule has 1 fully saturated rings. The van der Waals surface area contributed by atoms with Crippen molar-refractivity contribution in [3.63, 3.8) is 0 Å². The van der Waals surface area contributed by atoms with Crippen LogP contribution >= 0.6 is 11.8 Å². The van der Waals surface area contributed by atoms with Gasteiger partial charge in [0.15, 0.2) is 0 Å². The molecule has 3 nitrogen and oxygen atoms in total. The van der Waals surface area contributed by atoms with Crippen LogP contribution in [0, 0.1) is 6.92 Å². The van der Waals surface area contributed by atoms with Crippen LogP contribution in [-0.2, 0) is 0 Å². The Bertz CT molecular complexity index is 389. The van der Waals surface area contributed by atoms with Crippen LogP contribution < -0.4 is 5.73 Å². The minimum absolute atomic E-state index is 0.230. The zero-order chi connectivity index (χ0) is 13.2. The Morgan fingerprint density at radius 1 is 1.44 bits per heavy atom. The van der Waals surface area contributed by atoms with Gasteiger partial charge >= 0.3 is 0 Å². The number of hydrogen-bond acceptors (Lipinski definition) is 4. The highest BCUT2D eigenvalue weighted by Crippen LogP contribution is 2.33. The molecule has 1 saturated heterocycles. The second kappa shape index (κ2) is 5.68. The Morgan fingerprint density at radius 2 is 2.22 bits per heavy atom. The van der Waals surface area contributed by atoms with Gasteiger partial charge in [0.05, 0.1) is 6.04 Å². The Labute approximate surface area is 114 Å². The van der Waals surface area contributed by atoms with Gasteiger partial charge in [-0.05, 0) is 25.5 Å². The zero-order valence-corrected chi connectivity index (χ0v) is 12.4. The molecule has 4 heteroatoms. The van der Waals surface area contributed by atoms with Crippen molar-refractivity contribution < 1.29 is 4.42 Å². The molecule has 1 atom stereocenters. The summed E-state index contributed by atoms with van der Waals surface area (Å²) in [5.74, 6) is 3.15. The zero-order valence-electron chi connectivity index (χ0n) is 11.6. The van der Waals surface area contributed by atoms with E-state index in [1.165, 1.54) is 12.2 Å². The van der Waals surface area contributed by atoms with Crippen LogP contribution in [0.25, 0.3) is 0 Å². The van der Waals surface area contributed by atoms with E-state index in [1.807, 2.05) is 13.0 Å². The lowest BCUT2D eigenvalue weighted by Crippen LogP contribution is -2.35. The monoisotopic (exact) mass is 268 g/mol. The summed E-state index contributed by atoms with van der Waals surface area (Å²) < 4.78 is 6.14. The minimum Gasteiger partial charge on any atom is -0.465 e. The molecule has 2 N–H and O–H groups in total. The molecule has 0 aliphatic carbocycles. The van der Waals surface area contributed by atoms with Crippen molar-refractivity contribution in [2.24, 2.45) is 5.73 Å². The molecule has 2 rings (SSSR count). The van der Waals surface area contributed by atoms with Gasteiger partial charge in [0.2, 0.25) is 0 Å². The summed E-state index contributed by atoms with van der Waals surface area (Å²) in [4.78, 5) is 2.47. The van der Waals surface area contributed by atoms with Gasteiger partial charge < -0.3 is 10.2 Å². The fourth-order valence-corrected chi connectivity index (χ4v) is 3.54. The molecule has 1 aromatic rings. The van der Waals surface area contributed by atoms with E-state index in [1.54, 1.807) is 0 Å². The summed E-state index contributed by atoms with van der Waals surface area (Å²) in [6, 6.07) is 4.32. The van der Waals surface area contributed by atoms with Crippen LogP contribution in [0.15, 0.2) is 16.5 Å². The van der Waals surface area contributed by atoms with E-state index >= 15 is 0 Å². The van der Waals surface area contributed by atoms with Gasteiger partial charge in [0.25, 0.3) is 0 Å². The van der Waals surface area contributed by atoms with Gasteiger partial charge in [-0.15, -0.1) is 0 Å². The third-order valence-electron chi connectivity index (χ3n) is 3.63. The fourth-order valence-electron chi connectivity index (χ4n) is 2.43. The summed E-state index contributed by atoms with van der Waals surface area (Å²) in [7, 11) is 0. The molecule has 18 heavy (non-hydrogen) atoms. The standard InChI is InChI=1S/C14H24N2OS/c1-11-4-5-13(17-11)12(10-15)16-7-6-14(2,3)18-9-8-16/h4-5,12H,6-10,15H2,1-3H3. The second-order valence-corrected chi connectivity index (χ2v) is 7.40. The molecule has 2 heterocycles. The molecule has 0 spiro atoms. The average molecular weight is 268 g/mol. The van der Waals surface area contributed by atoms with E-state index in [0.717, 1.165) is 24.6 Å². The van der Waals surface area contributed by atoms with Crippen molar-refractivity contribution in [1.29, 1.82) is 0 Å². The molecular weight excluding hydrogens is 244 g/mol. The Morgan fingerprint density at radius 3 is 2.83 bits per heavy atom. The predicted octanol–water partition coefficient (Wildman–Crippen LogP) is 2.81. The minimum atomic E-state index is 0.230. The van der Waals surface area contributed by atoms with Gasteiger partial charge in [0.1, 0.15) is 11.5 Å². The molecule has 0 bridgehead atoms.